The van der Waals surface area contributed by atoms with Gasteiger partial charge in [-0.2, -0.15) is 0 Å². The summed E-state index contributed by atoms with van der Waals surface area (Å²) in [6, 6.07) is 0. The Balaban J connectivity index is 1.99. The number of carbonyl (C=O) groups excluding carboxylic acids is 1. The van der Waals surface area contributed by atoms with E-state index in [4.69, 9.17) is 5.73 Å². The molecule has 5 heteroatoms. The lowest BCUT2D eigenvalue weighted by Gasteiger charge is -2.46. The van der Waals surface area contributed by atoms with Gasteiger partial charge < -0.3 is 15.6 Å². The first-order valence-corrected chi connectivity index (χ1v) is 6.01. The van der Waals surface area contributed by atoms with Crippen molar-refractivity contribution in [3.63, 3.8) is 0 Å². The van der Waals surface area contributed by atoms with Crippen LogP contribution in [-0.4, -0.2) is 34.4 Å². The van der Waals surface area contributed by atoms with E-state index in [1.807, 2.05) is 7.05 Å². The number of hydrogen-bond acceptors (Lipinski definition) is 3. The molecule has 1 aromatic heterocycles. The molecule has 94 valence electrons. The Bertz CT molecular complexity index is 381. The molecule has 1 aromatic rings. The van der Waals surface area contributed by atoms with E-state index in [1.54, 1.807) is 17.3 Å². The molecule has 0 saturated heterocycles. The van der Waals surface area contributed by atoms with Gasteiger partial charge in [-0.1, -0.05) is 6.92 Å². The van der Waals surface area contributed by atoms with Gasteiger partial charge in [-0.15, -0.1) is 0 Å². The molecule has 0 unspecified atom stereocenters. The third-order valence-electron chi connectivity index (χ3n) is 3.61. The van der Waals surface area contributed by atoms with E-state index in [9.17, 15) is 4.79 Å². The largest absolute Gasteiger partial charge is 0.347 e. The van der Waals surface area contributed by atoms with Crippen molar-refractivity contribution in [2.24, 2.45) is 17.1 Å². The van der Waals surface area contributed by atoms with Crippen molar-refractivity contribution in [1.29, 1.82) is 0 Å². The number of rotatable bonds is 4. The zero-order chi connectivity index (χ0) is 12.5. The molecule has 1 saturated carbocycles. The van der Waals surface area contributed by atoms with Crippen LogP contribution in [0.4, 0.5) is 0 Å². The molecule has 1 aliphatic carbocycles. The molecule has 0 spiro atoms. The highest BCUT2D eigenvalue weighted by Crippen LogP contribution is 2.45. The van der Waals surface area contributed by atoms with Crippen LogP contribution < -0.4 is 5.73 Å². The third-order valence-corrected chi connectivity index (χ3v) is 3.61. The van der Waals surface area contributed by atoms with Gasteiger partial charge in [-0.05, 0) is 18.8 Å². The standard InChI is InChI=1S/C12H20N4O/c1-9-5-12(6-9,8-13)11(17)16(2)7-10-14-3-4-15-10/h3-4,9H,5-8,13H2,1-2H3,(H,14,15). The van der Waals surface area contributed by atoms with Gasteiger partial charge in [0.05, 0.1) is 12.0 Å². The van der Waals surface area contributed by atoms with Gasteiger partial charge in [0.15, 0.2) is 0 Å². The molecule has 0 atom stereocenters. The Morgan fingerprint density at radius 2 is 2.41 bits per heavy atom. The summed E-state index contributed by atoms with van der Waals surface area (Å²) in [5, 5.41) is 0. The number of imidazole rings is 1. The SMILES string of the molecule is CC1CC(CN)(C(=O)N(C)Cc2ncc[nH]2)C1. The minimum absolute atomic E-state index is 0.148. The number of nitrogens with two attached hydrogens (primary N) is 1. The number of H-pyrrole nitrogens is 1. The summed E-state index contributed by atoms with van der Waals surface area (Å²) < 4.78 is 0. The molecule has 0 aliphatic heterocycles. The normalized spacial score (nSPS) is 27.6. The van der Waals surface area contributed by atoms with Gasteiger partial charge in [0, 0.05) is 26.0 Å². The molecule has 1 heterocycles. The van der Waals surface area contributed by atoms with Crippen molar-refractivity contribution in [2.45, 2.75) is 26.3 Å². The van der Waals surface area contributed by atoms with E-state index in [-0.39, 0.29) is 11.3 Å². The zero-order valence-electron chi connectivity index (χ0n) is 10.4. The van der Waals surface area contributed by atoms with Crippen LogP contribution in [0.3, 0.4) is 0 Å². The average molecular weight is 236 g/mol. The first kappa shape index (κ1) is 12.1. The quantitative estimate of drug-likeness (QED) is 0.809. The maximum Gasteiger partial charge on any atom is 0.230 e. The highest BCUT2D eigenvalue weighted by Gasteiger charge is 2.48. The number of aromatic nitrogens is 2. The highest BCUT2D eigenvalue weighted by molar-refractivity contribution is 5.83. The van der Waals surface area contributed by atoms with Crippen molar-refractivity contribution >= 4 is 5.91 Å². The van der Waals surface area contributed by atoms with Gasteiger partial charge in [-0.25, -0.2) is 4.98 Å². The molecular weight excluding hydrogens is 216 g/mol. The monoisotopic (exact) mass is 236 g/mol. The Labute approximate surface area is 101 Å². The van der Waals surface area contributed by atoms with Crippen LogP contribution in [0.1, 0.15) is 25.6 Å². The lowest BCUT2D eigenvalue weighted by atomic mass is 9.62. The molecule has 0 bridgehead atoms. The number of aromatic amines is 1. The number of hydrogen-bond donors (Lipinski definition) is 2. The first-order valence-electron chi connectivity index (χ1n) is 6.01. The van der Waals surface area contributed by atoms with E-state index >= 15 is 0 Å². The van der Waals surface area contributed by atoms with E-state index in [0.717, 1.165) is 18.7 Å². The minimum atomic E-state index is -0.319. The summed E-state index contributed by atoms with van der Waals surface area (Å²) in [6.45, 7) is 3.12. The molecule has 17 heavy (non-hydrogen) atoms. The second kappa shape index (κ2) is 4.49. The molecule has 0 radical (unpaired) electrons. The van der Waals surface area contributed by atoms with Crippen molar-refractivity contribution in [3.8, 4) is 0 Å². The van der Waals surface area contributed by atoms with Gasteiger partial charge >= 0.3 is 0 Å². The summed E-state index contributed by atoms with van der Waals surface area (Å²) in [4.78, 5) is 21.2. The van der Waals surface area contributed by atoms with Crippen molar-refractivity contribution in [1.82, 2.24) is 14.9 Å². The van der Waals surface area contributed by atoms with E-state index in [0.29, 0.717) is 19.0 Å². The fraction of sp³-hybridized carbons (Fsp3) is 0.667. The molecular formula is C12H20N4O. The number of nitrogens with zero attached hydrogens (tertiary/aromatic N) is 2. The van der Waals surface area contributed by atoms with Gasteiger partial charge in [0.2, 0.25) is 5.91 Å². The lowest BCUT2D eigenvalue weighted by Crippen LogP contribution is -2.53. The van der Waals surface area contributed by atoms with Crippen molar-refractivity contribution in [3.05, 3.63) is 18.2 Å². The smallest absolute Gasteiger partial charge is 0.230 e. The van der Waals surface area contributed by atoms with Crippen LogP contribution in [-0.2, 0) is 11.3 Å². The minimum Gasteiger partial charge on any atom is -0.347 e. The van der Waals surface area contributed by atoms with E-state index in [2.05, 4.69) is 16.9 Å². The molecule has 5 nitrogen and oxygen atoms in total. The number of amides is 1. The maximum atomic E-state index is 12.4. The van der Waals surface area contributed by atoms with Crippen LogP contribution in [0.25, 0.3) is 0 Å². The molecule has 2 rings (SSSR count). The maximum absolute atomic E-state index is 12.4. The first-order chi connectivity index (χ1) is 8.07. The Hall–Kier alpha value is -1.36. The summed E-state index contributed by atoms with van der Waals surface area (Å²) in [6.07, 6.45) is 5.27. The second-order valence-corrected chi connectivity index (χ2v) is 5.19. The topological polar surface area (TPSA) is 75.0 Å². The van der Waals surface area contributed by atoms with Gasteiger partial charge in [0.1, 0.15) is 5.82 Å². The Morgan fingerprint density at radius 1 is 1.71 bits per heavy atom. The van der Waals surface area contributed by atoms with Gasteiger partial charge in [0.25, 0.3) is 0 Å². The molecule has 1 amide bonds. The third kappa shape index (κ3) is 2.20. The molecule has 0 aromatic carbocycles. The average Bonchev–Trinajstić information content (AvgIpc) is 2.76. The summed E-state index contributed by atoms with van der Waals surface area (Å²) in [5.74, 6) is 1.56. The van der Waals surface area contributed by atoms with Crippen LogP contribution >= 0.6 is 0 Å². The van der Waals surface area contributed by atoms with E-state index < -0.39 is 0 Å². The number of carbonyl (C=O) groups is 1. The fourth-order valence-corrected chi connectivity index (χ4v) is 2.79. The van der Waals surface area contributed by atoms with Crippen LogP contribution in [0.5, 0.6) is 0 Å². The van der Waals surface area contributed by atoms with Gasteiger partial charge in [-0.3, -0.25) is 4.79 Å². The number of nitrogens with one attached hydrogen (secondary N) is 1. The summed E-state index contributed by atoms with van der Waals surface area (Å²) in [7, 11) is 1.81. The molecule has 1 fully saturated rings. The van der Waals surface area contributed by atoms with Crippen LogP contribution in [0.2, 0.25) is 0 Å². The van der Waals surface area contributed by atoms with Crippen LogP contribution in [0, 0.1) is 11.3 Å². The van der Waals surface area contributed by atoms with Crippen LogP contribution in [0.15, 0.2) is 12.4 Å². The zero-order valence-corrected chi connectivity index (χ0v) is 10.4. The second-order valence-electron chi connectivity index (χ2n) is 5.19. The lowest BCUT2D eigenvalue weighted by molar-refractivity contribution is -0.148. The molecule has 1 aliphatic rings. The Kier molecular flexibility index (Phi) is 3.19. The van der Waals surface area contributed by atoms with Crippen molar-refractivity contribution in [2.75, 3.05) is 13.6 Å². The highest BCUT2D eigenvalue weighted by atomic mass is 16.2. The predicted molar refractivity (Wildman–Crippen MR) is 64.9 cm³/mol. The summed E-state index contributed by atoms with van der Waals surface area (Å²) in [5.41, 5.74) is 5.45. The van der Waals surface area contributed by atoms with Crippen molar-refractivity contribution < 1.29 is 4.79 Å². The Morgan fingerprint density at radius 3 is 2.88 bits per heavy atom. The summed E-state index contributed by atoms with van der Waals surface area (Å²) >= 11 is 0. The van der Waals surface area contributed by atoms with E-state index in [1.165, 1.54) is 0 Å². The predicted octanol–water partition coefficient (Wildman–Crippen LogP) is 0.743. The molecule has 3 N–H and O–H groups in total. The fourth-order valence-electron chi connectivity index (χ4n) is 2.79.